The Balaban J connectivity index is 1.31. The summed E-state index contributed by atoms with van der Waals surface area (Å²) >= 11 is 0. The van der Waals surface area contributed by atoms with Gasteiger partial charge in [-0.3, -0.25) is 9.59 Å². The van der Waals surface area contributed by atoms with Gasteiger partial charge in [-0.2, -0.15) is 0 Å². The Labute approximate surface area is 199 Å². The number of para-hydroxylation sites is 1. The first-order chi connectivity index (χ1) is 16.3. The largest absolute Gasteiger partial charge is 0.451 e. The van der Waals surface area contributed by atoms with Crippen molar-refractivity contribution < 1.29 is 22.4 Å². The minimum Gasteiger partial charge on any atom is -0.451 e. The number of benzene rings is 2. The summed E-state index contributed by atoms with van der Waals surface area (Å²) in [6, 6.07) is 14.0. The van der Waals surface area contributed by atoms with Crippen LogP contribution in [-0.2, 0) is 14.8 Å². The number of aryl methyl sites for hydroxylation is 1. The predicted octanol–water partition coefficient (Wildman–Crippen LogP) is 3.92. The van der Waals surface area contributed by atoms with Crippen LogP contribution in [0.5, 0.6) is 0 Å². The van der Waals surface area contributed by atoms with Crippen molar-refractivity contribution in [2.24, 2.45) is 5.92 Å². The maximum atomic E-state index is 12.9. The summed E-state index contributed by atoms with van der Waals surface area (Å²) in [5.41, 5.74) is 1.82. The molecule has 180 valence electrons. The van der Waals surface area contributed by atoms with Crippen molar-refractivity contribution in [3.63, 3.8) is 0 Å². The number of piperidine rings is 1. The van der Waals surface area contributed by atoms with Crippen molar-refractivity contribution in [1.29, 1.82) is 0 Å². The summed E-state index contributed by atoms with van der Waals surface area (Å²) in [7, 11) is -3.69. The van der Waals surface area contributed by atoms with Gasteiger partial charge >= 0.3 is 0 Å². The lowest BCUT2D eigenvalue weighted by atomic mass is 9.97. The number of sulfonamides is 1. The zero-order chi connectivity index (χ0) is 24.3. The zero-order valence-corrected chi connectivity index (χ0v) is 20.2. The SMILES string of the molecule is CCC(=O)Nc1ccc(S(=O)(=O)NCC2CCN(C(=O)c3cc4ccccc4o3)CC2)c(C)c1. The number of amides is 2. The molecule has 0 saturated carbocycles. The van der Waals surface area contributed by atoms with E-state index in [1.165, 1.54) is 6.07 Å². The highest BCUT2D eigenvalue weighted by Gasteiger charge is 2.27. The smallest absolute Gasteiger partial charge is 0.289 e. The quantitative estimate of drug-likeness (QED) is 0.529. The van der Waals surface area contributed by atoms with E-state index in [9.17, 15) is 18.0 Å². The zero-order valence-electron chi connectivity index (χ0n) is 19.3. The van der Waals surface area contributed by atoms with E-state index in [1.54, 1.807) is 36.9 Å². The molecule has 1 aromatic heterocycles. The molecular formula is C25H29N3O5S. The summed E-state index contributed by atoms with van der Waals surface area (Å²) in [5.74, 6) is 0.201. The lowest BCUT2D eigenvalue weighted by Crippen LogP contribution is -2.41. The van der Waals surface area contributed by atoms with Gasteiger partial charge in [-0.05, 0) is 61.6 Å². The van der Waals surface area contributed by atoms with E-state index >= 15 is 0 Å². The highest BCUT2D eigenvalue weighted by Crippen LogP contribution is 2.24. The van der Waals surface area contributed by atoms with Crippen LogP contribution in [0.25, 0.3) is 11.0 Å². The number of likely N-dealkylation sites (tertiary alicyclic amines) is 1. The molecule has 2 heterocycles. The Kier molecular flexibility index (Phi) is 7.04. The lowest BCUT2D eigenvalue weighted by molar-refractivity contribution is -0.115. The van der Waals surface area contributed by atoms with Crippen LogP contribution in [0.1, 0.15) is 42.3 Å². The second-order valence-corrected chi connectivity index (χ2v) is 10.4. The number of anilines is 1. The van der Waals surface area contributed by atoms with Gasteiger partial charge in [-0.25, -0.2) is 13.1 Å². The van der Waals surface area contributed by atoms with Crippen LogP contribution < -0.4 is 10.0 Å². The van der Waals surface area contributed by atoms with Gasteiger partial charge in [0.05, 0.1) is 4.90 Å². The van der Waals surface area contributed by atoms with Crippen LogP contribution in [0.3, 0.4) is 0 Å². The lowest BCUT2D eigenvalue weighted by Gasteiger charge is -2.31. The van der Waals surface area contributed by atoms with E-state index < -0.39 is 10.0 Å². The molecule has 0 unspecified atom stereocenters. The topological polar surface area (TPSA) is 109 Å². The van der Waals surface area contributed by atoms with Crippen molar-refractivity contribution in [3.8, 4) is 0 Å². The van der Waals surface area contributed by atoms with E-state index in [-0.39, 0.29) is 22.6 Å². The molecule has 0 radical (unpaired) electrons. The first kappa shape index (κ1) is 24.0. The van der Waals surface area contributed by atoms with Gasteiger partial charge in [0, 0.05) is 37.1 Å². The molecule has 1 fully saturated rings. The minimum absolute atomic E-state index is 0.127. The van der Waals surface area contributed by atoms with Crippen LogP contribution in [0.15, 0.2) is 57.8 Å². The predicted molar refractivity (Wildman–Crippen MR) is 130 cm³/mol. The Morgan fingerprint density at radius 2 is 1.82 bits per heavy atom. The Bertz CT molecular complexity index is 1270. The number of carbonyl (C=O) groups is 2. The normalized spacial score (nSPS) is 14.9. The number of fused-ring (bicyclic) bond motifs is 1. The average Bonchev–Trinajstić information content (AvgIpc) is 3.27. The number of carbonyl (C=O) groups excluding carboxylic acids is 2. The fourth-order valence-electron chi connectivity index (χ4n) is 4.17. The van der Waals surface area contributed by atoms with Crippen LogP contribution in [0, 0.1) is 12.8 Å². The average molecular weight is 484 g/mol. The fraction of sp³-hybridized carbons (Fsp3) is 0.360. The first-order valence-corrected chi connectivity index (χ1v) is 12.9. The molecule has 9 heteroatoms. The summed E-state index contributed by atoms with van der Waals surface area (Å²) in [6.07, 6.45) is 1.76. The number of rotatable bonds is 7. The molecular weight excluding hydrogens is 454 g/mol. The van der Waals surface area contributed by atoms with Crippen LogP contribution >= 0.6 is 0 Å². The van der Waals surface area contributed by atoms with E-state index in [1.807, 2.05) is 24.3 Å². The maximum Gasteiger partial charge on any atom is 0.289 e. The maximum absolute atomic E-state index is 12.9. The van der Waals surface area contributed by atoms with Gasteiger partial charge in [0.1, 0.15) is 5.58 Å². The number of nitrogens with one attached hydrogen (secondary N) is 2. The number of hydrogen-bond donors (Lipinski definition) is 2. The van der Waals surface area contributed by atoms with Crippen LogP contribution in [0.2, 0.25) is 0 Å². The summed E-state index contributed by atoms with van der Waals surface area (Å²) in [6.45, 7) is 4.87. The third-order valence-corrected chi connectivity index (χ3v) is 7.75. The molecule has 8 nitrogen and oxygen atoms in total. The molecule has 2 N–H and O–H groups in total. The molecule has 0 atom stereocenters. The molecule has 1 aliphatic rings. The van der Waals surface area contributed by atoms with E-state index in [0.717, 1.165) is 5.39 Å². The van der Waals surface area contributed by atoms with E-state index in [0.29, 0.717) is 61.5 Å². The van der Waals surface area contributed by atoms with Crippen LogP contribution in [-0.4, -0.2) is 44.8 Å². The van der Waals surface area contributed by atoms with Gasteiger partial charge in [-0.15, -0.1) is 0 Å². The number of hydrogen-bond acceptors (Lipinski definition) is 5. The first-order valence-electron chi connectivity index (χ1n) is 11.4. The van der Waals surface area contributed by atoms with Gasteiger partial charge in [-0.1, -0.05) is 25.1 Å². The van der Waals surface area contributed by atoms with E-state index in [4.69, 9.17) is 4.42 Å². The molecule has 1 saturated heterocycles. The third-order valence-electron chi connectivity index (χ3n) is 6.17. The minimum atomic E-state index is -3.69. The molecule has 4 rings (SSSR count). The molecule has 0 spiro atoms. The fourth-order valence-corrected chi connectivity index (χ4v) is 5.51. The summed E-state index contributed by atoms with van der Waals surface area (Å²) in [5, 5.41) is 3.63. The molecule has 34 heavy (non-hydrogen) atoms. The van der Waals surface area contributed by atoms with Crippen molar-refractivity contribution in [2.75, 3.05) is 25.0 Å². The summed E-state index contributed by atoms with van der Waals surface area (Å²) in [4.78, 5) is 26.3. The Morgan fingerprint density at radius 3 is 2.50 bits per heavy atom. The molecule has 3 aromatic rings. The van der Waals surface area contributed by atoms with Crippen molar-refractivity contribution >= 4 is 38.5 Å². The third kappa shape index (κ3) is 5.31. The van der Waals surface area contributed by atoms with Gasteiger partial charge in [0.2, 0.25) is 15.9 Å². The standard InChI is InChI=1S/C25H29N3O5S/c1-3-24(29)27-20-8-9-23(17(2)14-20)34(31,32)26-16-18-10-12-28(13-11-18)25(30)22-15-19-6-4-5-7-21(19)33-22/h4-9,14-15,18,26H,3,10-13,16H2,1-2H3,(H,27,29). The molecule has 2 amide bonds. The molecule has 2 aromatic carbocycles. The summed E-state index contributed by atoms with van der Waals surface area (Å²) < 4.78 is 34.1. The van der Waals surface area contributed by atoms with Crippen molar-refractivity contribution in [3.05, 3.63) is 59.9 Å². The number of nitrogens with zero attached hydrogens (tertiary/aromatic N) is 1. The van der Waals surface area contributed by atoms with Gasteiger partial charge in [0.25, 0.3) is 5.91 Å². The second-order valence-electron chi connectivity index (χ2n) is 8.62. The highest BCUT2D eigenvalue weighted by atomic mass is 32.2. The van der Waals surface area contributed by atoms with Gasteiger partial charge in [0.15, 0.2) is 5.76 Å². The molecule has 0 aliphatic carbocycles. The van der Waals surface area contributed by atoms with Crippen LogP contribution in [0.4, 0.5) is 5.69 Å². The molecule has 1 aliphatic heterocycles. The Morgan fingerprint density at radius 1 is 1.09 bits per heavy atom. The second kappa shape index (κ2) is 9.99. The van der Waals surface area contributed by atoms with E-state index in [2.05, 4.69) is 10.0 Å². The van der Waals surface area contributed by atoms with Crippen molar-refractivity contribution in [1.82, 2.24) is 9.62 Å². The number of furan rings is 1. The highest BCUT2D eigenvalue weighted by molar-refractivity contribution is 7.89. The Hall–Kier alpha value is -3.17. The van der Waals surface area contributed by atoms with Crippen molar-refractivity contribution in [2.45, 2.75) is 38.0 Å². The monoisotopic (exact) mass is 483 g/mol. The molecule has 0 bridgehead atoms. The van der Waals surface area contributed by atoms with Gasteiger partial charge < -0.3 is 14.6 Å².